The van der Waals surface area contributed by atoms with Gasteiger partial charge in [-0.2, -0.15) is 0 Å². The monoisotopic (exact) mass is 832 g/mol. The third kappa shape index (κ3) is 7.89. The minimum atomic E-state index is -0.904. The molecule has 2 saturated heterocycles. The van der Waals surface area contributed by atoms with Crippen molar-refractivity contribution in [3.8, 4) is 22.5 Å². The van der Waals surface area contributed by atoms with Gasteiger partial charge in [-0.25, -0.2) is 19.6 Å². The predicted molar refractivity (Wildman–Crippen MR) is 229 cm³/mol. The molecular formula is C46H44N10O6. The van der Waals surface area contributed by atoms with Crippen LogP contribution in [0, 0.1) is 0 Å². The maximum atomic E-state index is 14.0. The molecule has 0 saturated carbocycles. The fourth-order valence-electron chi connectivity index (χ4n) is 8.51. The van der Waals surface area contributed by atoms with Gasteiger partial charge in [0.2, 0.25) is 0 Å². The Balaban J connectivity index is 0.910. The Labute approximate surface area is 356 Å². The van der Waals surface area contributed by atoms with Crippen LogP contribution < -0.4 is 10.6 Å². The van der Waals surface area contributed by atoms with Gasteiger partial charge in [0.25, 0.3) is 11.8 Å². The molecule has 314 valence electrons. The van der Waals surface area contributed by atoms with Gasteiger partial charge in [-0.3, -0.25) is 9.59 Å². The molecule has 0 aliphatic carbocycles. The number of imidazole rings is 2. The molecule has 3 aromatic heterocycles. The summed E-state index contributed by atoms with van der Waals surface area (Å²) < 4.78 is 9.67. The summed E-state index contributed by atoms with van der Waals surface area (Å²) in [5.74, 6) is 0.879. The Bertz CT molecular complexity index is 2570. The van der Waals surface area contributed by atoms with Gasteiger partial charge >= 0.3 is 12.2 Å². The summed E-state index contributed by atoms with van der Waals surface area (Å²) in [6, 6.07) is 31.4. The van der Waals surface area contributed by atoms with Crippen LogP contribution in [0.25, 0.3) is 44.6 Å². The Morgan fingerprint density at radius 3 is 1.40 bits per heavy atom. The Kier molecular flexibility index (Phi) is 11.0. The molecule has 16 nitrogen and oxygen atoms in total. The Morgan fingerprint density at radius 1 is 0.597 bits per heavy atom. The first-order valence-corrected chi connectivity index (χ1v) is 20.5. The number of methoxy groups -OCH3 is 2. The van der Waals surface area contributed by atoms with Crippen LogP contribution in [-0.2, 0) is 19.1 Å². The third-order valence-electron chi connectivity index (χ3n) is 11.6. The lowest BCUT2D eigenvalue weighted by Crippen LogP contribution is -2.42. The van der Waals surface area contributed by atoms with Crippen molar-refractivity contribution >= 4 is 46.1 Å². The maximum Gasteiger partial charge on any atom is 0.407 e. The molecule has 5 heterocycles. The number of rotatable bonds is 10. The molecular weight excluding hydrogens is 789 g/mol. The van der Waals surface area contributed by atoms with E-state index in [-0.39, 0.29) is 23.9 Å². The highest BCUT2D eigenvalue weighted by Gasteiger charge is 2.38. The number of hydrogen-bond acceptors (Lipinski definition) is 10. The lowest BCUT2D eigenvalue weighted by Gasteiger charge is -2.28. The minimum absolute atomic E-state index is 0.233. The minimum Gasteiger partial charge on any atom is -0.453 e. The number of fused-ring (bicyclic) bond motifs is 2. The lowest BCUT2D eigenvalue weighted by atomic mass is 10.1. The number of carbonyl (C=O) groups is 4. The molecule has 4 N–H and O–H groups in total. The summed E-state index contributed by atoms with van der Waals surface area (Å²) in [5.41, 5.74) is 7.48. The van der Waals surface area contributed by atoms with Crippen LogP contribution in [0.4, 0.5) is 9.59 Å². The number of nitrogens with zero attached hydrogens (tertiary/aromatic N) is 6. The number of alkyl carbamates (subject to hydrolysis) is 2. The fraction of sp³-hybridized carbons (Fsp3) is 0.261. The van der Waals surface area contributed by atoms with E-state index in [2.05, 4.69) is 30.8 Å². The van der Waals surface area contributed by atoms with E-state index in [4.69, 9.17) is 19.4 Å². The van der Waals surface area contributed by atoms with Gasteiger partial charge in [-0.05, 0) is 73.2 Å². The highest BCUT2D eigenvalue weighted by atomic mass is 16.5. The number of aromatic nitrogens is 6. The second kappa shape index (κ2) is 17.2. The normalized spacial score (nSPS) is 17.2. The van der Waals surface area contributed by atoms with Crippen molar-refractivity contribution < 1.29 is 28.7 Å². The van der Waals surface area contributed by atoms with E-state index in [0.717, 1.165) is 58.9 Å². The Morgan fingerprint density at radius 2 is 1.02 bits per heavy atom. The highest BCUT2D eigenvalue weighted by Crippen LogP contribution is 2.36. The zero-order valence-corrected chi connectivity index (χ0v) is 34.1. The van der Waals surface area contributed by atoms with Crippen molar-refractivity contribution in [2.24, 2.45) is 0 Å². The van der Waals surface area contributed by atoms with E-state index in [1.165, 1.54) is 14.2 Å². The molecule has 4 amide bonds. The Hall–Kier alpha value is -7.62. The van der Waals surface area contributed by atoms with Gasteiger partial charge in [0.1, 0.15) is 23.7 Å². The molecule has 2 aliphatic heterocycles. The van der Waals surface area contributed by atoms with Crippen molar-refractivity contribution in [3.05, 3.63) is 132 Å². The highest BCUT2D eigenvalue weighted by molar-refractivity contribution is 5.89. The van der Waals surface area contributed by atoms with Crippen LogP contribution in [-0.4, -0.2) is 91.2 Å². The van der Waals surface area contributed by atoms with E-state index in [1.807, 2.05) is 109 Å². The zero-order valence-electron chi connectivity index (χ0n) is 34.1. The molecule has 7 aromatic rings. The van der Waals surface area contributed by atoms with Gasteiger partial charge in [-0.1, -0.05) is 72.8 Å². The van der Waals surface area contributed by atoms with Crippen LogP contribution in [0.1, 0.15) is 72.6 Å². The standard InChI is InChI=1S/C46H44N10O6/c1-61-45(59)51-39(27-11-5-3-6-12-27)43(57)55-23-9-15-37(55)41-47-33-19-17-29(25-35(33)49-41)31-21-22-32(54-53-31)30-18-20-34-36(26-30)50-42(48-34)38-16-10-24-56(38)44(58)40(52-46(60)62-2)28-13-7-4-8-14-28/h3-8,11-14,17-22,25-26,37-40H,9-10,15-16,23-24H2,1-2H3,(H,47,49)(H,48,50)(H,51,59)(H,52,60)/t37-,38-,39+,40+/m0/s1. The molecule has 0 spiro atoms. The number of nitrogens with one attached hydrogen (secondary N) is 4. The second-order valence-electron chi connectivity index (χ2n) is 15.4. The zero-order chi connectivity index (χ0) is 42.7. The van der Waals surface area contributed by atoms with Crippen molar-refractivity contribution in [2.75, 3.05) is 27.3 Å². The van der Waals surface area contributed by atoms with Crippen molar-refractivity contribution in [1.29, 1.82) is 0 Å². The summed E-state index contributed by atoms with van der Waals surface area (Å²) in [6.07, 6.45) is 1.67. The second-order valence-corrected chi connectivity index (χ2v) is 15.4. The molecule has 2 fully saturated rings. The van der Waals surface area contributed by atoms with Crippen molar-refractivity contribution in [2.45, 2.75) is 49.9 Å². The van der Waals surface area contributed by atoms with Crippen LogP contribution in [0.3, 0.4) is 0 Å². The van der Waals surface area contributed by atoms with Crippen LogP contribution in [0.5, 0.6) is 0 Å². The van der Waals surface area contributed by atoms with Crippen LogP contribution in [0.2, 0.25) is 0 Å². The van der Waals surface area contributed by atoms with E-state index < -0.39 is 24.3 Å². The van der Waals surface area contributed by atoms with Gasteiger partial charge in [0, 0.05) is 24.2 Å². The number of carbonyl (C=O) groups excluding carboxylic acids is 4. The lowest BCUT2D eigenvalue weighted by molar-refractivity contribution is -0.135. The number of likely N-dealkylation sites (tertiary alicyclic amines) is 2. The number of aromatic amines is 2. The molecule has 16 heteroatoms. The van der Waals surface area contributed by atoms with Gasteiger partial charge in [0.05, 0.1) is 59.8 Å². The summed E-state index contributed by atoms with van der Waals surface area (Å²) >= 11 is 0. The maximum absolute atomic E-state index is 14.0. The number of hydrogen-bond donors (Lipinski definition) is 4. The van der Waals surface area contributed by atoms with E-state index in [0.29, 0.717) is 47.3 Å². The third-order valence-corrected chi connectivity index (χ3v) is 11.6. The van der Waals surface area contributed by atoms with E-state index in [9.17, 15) is 19.2 Å². The summed E-state index contributed by atoms with van der Waals surface area (Å²) in [4.78, 5) is 72.7. The quantitative estimate of drug-likeness (QED) is 0.110. The van der Waals surface area contributed by atoms with Gasteiger partial charge < -0.3 is 39.9 Å². The number of ether oxygens (including phenoxy) is 2. The largest absolute Gasteiger partial charge is 0.453 e. The molecule has 2 aliphatic rings. The molecule has 4 atom stereocenters. The van der Waals surface area contributed by atoms with E-state index in [1.54, 1.807) is 9.80 Å². The summed E-state index contributed by atoms with van der Waals surface area (Å²) in [7, 11) is 2.55. The number of amides is 4. The smallest absolute Gasteiger partial charge is 0.407 e. The summed E-state index contributed by atoms with van der Waals surface area (Å²) in [6.45, 7) is 1.06. The van der Waals surface area contributed by atoms with Gasteiger partial charge in [0.15, 0.2) is 0 Å². The SMILES string of the molecule is COC(=O)N[C@@H](C(=O)N1CCC[C@H]1c1nc2ccc(-c3ccc(-c4ccc5nc([C@@H]6CCCN6C(=O)[C@H](NC(=O)OC)c6ccccc6)[nH]c5c4)nn3)cc2[nH]1)c1ccccc1. The predicted octanol–water partition coefficient (Wildman–Crippen LogP) is 7.08. The molecule has 0 radical (unpaired) electrons. The first kappa shape index (κ1) is 39.8. The van der Waals surface area contributed by atoms with Gasteiger partial charge in [-0.15, -0.1) is 10.2 Å². The van der Waals surface area contributed by atoms with E-state index >= 15 is 0 Å². The summed E-state index contributed by atoms with van der Waals surface area (Å²) in [5, 5.41) is 14.6. The average molecular weight is 833 g/mol. The van der Waals surface area contributed by atoms with Crippen LogP contribution >= 0.6 is 0 Å². The first-order valence-electron chi connectivity index (χ1n) is 20.5. The molecule has 4 aromatic carbocycles. The molecule has 0 bridgehead atoms. The van der Waals surface area contributed by atoms with Crippen LogP contribution in [0.15, 0.2) is 109 Å². The fourth-order valence-corrected chi connectivity index (χ4v) is 8.51. The topological polar surface area (TPSA) is 200 Å². The average Bonchev–Trinajstić information content (AvgIpc) is 4.16. The van der Waals surface area contributed by atoms with Crippen molar-refractivity contribution in [1.82, 2.24) is 50.6 Å². The molecule has 62 heavy (non-hydrogen) atoms. The molecule has 9 rings (SSSR count). The first-order chi connectivity index (χ1) is 30.3. The van der Waals surface area contributed by atoms with Crippen molar-refractivity contribution in [3.63, 3.8) is 0 Å². The number of H-pyrrole nitrogens is 2. The number of benzene rings is 4. The molecule has 0 unspecified atom stereocenters.